The van der Waals surface area contributed by atoms with Crippen molar-refractivity contribution in [3.05, 3.63) is 28.8 Å². The van der Waals surface area contributed by atoms with Crippen LogP contribution in [0, 0.1) is 5.41 Å². The second-order valence-corrected chi connectivity index (χ2v) is 14.1. The quantitative estimate of drug-likeness (QED) is 0.283. The van der Waals surface area contributed by atoms with Gasteiger partial charge in [-0.25, -0.2) is 0 Å². The smallest absolute Gasteiger partial charge is 0.397 e. The van der Waals surface area contributed by atoms with E-state index in [-0.39, 0.29) is 31.8 Å². The number of Topliss-reactive ketones (excluding diaryl/α,β-unsaturated/α-hetero) is 1. The molecule has 2 heterocycles. The second-order valence-electron chi connectivity index (χ2n) is 13.6. The van der Waals surface area contributed by atoms with Gasteiger partial charge in [0.15, 0.2) is 5.60 Å². The summed E-state index contributed by atoms with van der Waals surface area (Å²) < 4.78 is 44.6. The van der Waals surface area contributed by atoms with Crippen LogP contribution in [0.15, 0.2) is 23.4 Å². The van der Waals surface area contributed by atoms with E-state index in [4.69, 9.17) is 21.2 Å². The summed E-state index contributed by atoms with van der Waals surface area (Å²) in [4.78, 5) is 73.3. The lowest BCUT2D eigenvalue weighted by Gasteiger charge is -2.35. The van der Waals surface area contributed by atoms with E-state index in [0.717, 1.165) is 17.7 Å². The largest absolute Gasteiger partial charge is 0.496 e. The number of ether oxygens (including phenoxy) is 1. The van der Waals surface area contributed by atoms with Crippen LogP contribution in [0.4, 0.5) is 13.2 Å². The van der Waals surface area contributed by atoms with E-state index in [1.165, 1.54) is 7.11 Å². The minimum absolute atomic E-state index is 0.0871. The molecule has 0 bridgehead atoms. The van der Waals surface area contributed by atoms with E-state index < -0.39 is 71.2 Å². The second kappa shape index (κ2) is 14.3. The van der Waals surface area contributed by atoms with Crippen molar-refractivity contribution in [1.82, 2.24) is 20.9 Å². The fourth-order valence-electron chi connectivity index (χ4n) is 5.86. The van der Waals surface area contributed by atoms with Crippen molar-refractivity contribution in [3.63, 3.8) is 0 Å². The summed E-state index contributed by atoms with van der Waals surface area (Å²) in [6, 6.07) is 0.867. The van der Waals surface area contributed by atoms with Crippen LogP contribution < -0.4 is 20.7 Å². The molecule has 12 nitrogen and oxygen atoms in total. The number of amides is 4. The highest BCUT2D eigenvalue weighted by molar-refractivity contribution is 6.38. The lowest BCUT2D eigenvalue weighted by molar-refractivity contribution is -0.157. The zero-order valence-electron chi connectivity index (χ0n) is 27.5. The number of carbonyl (C=O) groups is 5. The number of rotatable bonds is 12. The number of oxime groups is 1. The molecule has 1 aliphatic carbocycles. The maximum absolute atomic E-state index is 14.2. The molecule has 3 N–H and O–H groups in total. The highest BCUT2D eigenvalue weighted by Gasteiger charge is 2.56. The third-order valence-electron chi connectivity index (χ3n) is 8.42. The van der Waals surface area contributed by atoms with Crippen molar-refractivity contribution >= 4 is 46.7 Å². The van der Waals surface area contributed by atoms with Gasteiger partial charge in [0, 0.05) is 29.5 Å². The summed E-state index contributed by atoms with van der Waals surface area (Å²) >= 11 is 6.23. The molecule has 4 rings (SSSR count). The lowest BCUT2D eigenvalue weighted by atomic mass is 9.85. The Morgan fingerprint density at radius 2 is 1.83 bits per heavy atom. The van der Waals surface area contributed by atoms with Gasteiger partial charge in [-0.2, -0.15) is 13.2 Å². The first-order valence-corrected chi connectivity index (χ1v) is 16.1. The summed E-state index contributed by atoms with van der Waals surface area (Å²) in [5.74, 6) is -4.19. The van der Waals surface area contributed by atoms with Crippen molar-refractivity contribution in [2.45, 2.75) is 109 Å². The third kappa shape index (κ3) is 8.97. The number of halogens is 4. The Morgan fingerprint density at radius 3 is 2.42 bits per heavy atom. The molecule has 1 aromatic rings. The summed E-state index contributed by atoms with van der Waals surface area (Å²) in [6.45, 7) is 6.25. The zero-order chi connectivity index (χ0) is 35.6. The number of hydrogen-bond acceptors (Lipinski definition) is 8. The number of ketones is 1. The van der Waals surface area contributed by atoms with E-state index in [1.54, 1.807) is 45.9 Å². The average molecular weight is 700 g/mol. The van der Waals surface area contributed by atoms with Gasteiger partial charge in [0.05, 0.1) is 25.4 Å². The molecule has 1 spiro atoms. The molecule has 0 aromatic heterocycles. The molecule has 16 heteroatoms. The van der Waals surface area contributed by atoms with E-state index >= 15 is 0 Å². The molecular weight excluding hydrogens is 659 g/mol. The number of nitrogens with zero attached hydrogens (tertiary/aromatic N) is 2. The van der Waals surface area contributed by atoms with Gasteiger partial charge in [-0.1, -0.05) is 50.9 Å². The predicted molar refractivity (Wildman–Crippen MR) is 168 cm³/mol. The van der Waals surface area contributed by atoms with Crippen molar-refractivity contribution < 1.29 is 46.7 Å². The van der Waals surface area contributed by atoms with Crippen LogP contribution in [0.3, 0.4) is 0 Å². The summed E-state index contributed by atoms with van der Waals surface area (Å²) in [7, 11) is 1.47. The highest BCUT2D eigenvalue weighted by Crippen LogP contribution is 2.41. The van der Waals surface area contributed by atoms with Crippen LogP contribution in [0.1, 0.15) is 78.2 Å². The molecule has 2 aliphatic heterocycles. The van der Waals surface area contributed by atoms with Crippen molar-refractivity contribution in [1.29, 1.82) is 0 Å². The Bertz CT molecular complexity index is 1480. The first-order chi connectivity index (χ1) is 22.4. The molecule has 4 amide bonds. The molecular formula is C32H41ClF3N5O7. The van der Waals surface area contributed by atoms with E-state index in [2.05, 4.69) is 21.1 Å². The van der Waals surface area contributed by atoms with Gasteiger partial charge >= 0.3 is 6.18 Å². The standard InChI is InChI=1S/C32H41ClF3N5O7/c1-6-7-20(25(43)28(45)37-18-9-10-18)38-27(44)22-14-31(13-21(40-48-31)19-12-17(33)8-11-23(19)47-5)16-41(22)29(46)26(30(2,3)4)39-24(42)15-32(34,35)36/h8,11-12,18,20,22,26H,6-7,9-10,13-16H2,1-5H3,(H,37,45)(H,38,44)(H,39,42)/t20-,22-,26+,31+/m0/s1. The average Bonchev–Trinajstić information content (AvgIpc) is 3.58. The first kappa shape index (κ1) is 36.9. The summed E-state index contributed by atoms with van der Waals surface area (Å²) in [5.41, 5.74) is -1.39. The Morgan fingerprint density at radius 1 is 1.15 bits per heavy atom. The minimum Gasteiger partial charge on any atom is -0.496 e. The fraction of sp³-hybridized carbons (Fsp3) is 0.625. The van der Waals surface area contributed by atoms with Crippen LogP contribution in [-0.2, 0) is 28.8 Å². The van der Waals surface area contributed by atoms with Gasteiger partial charge in [0.25, 0.3) is 5.91 Å². The van der Waals surface area contributed by atoms with Gasteiger partial charge < -0.3 is 30.4 Å². The fourth-order valence-corrected chi connectivity index (χ4v) is 6.03. The van der Waals surface area contributed by atoms with Crippen LogP contribution in [0.2, 0.25) is 5.02 Å². The molecule has 0 radical (unpaired) electrons. The Hall–Kier alpha value is -3.88. The number of methoxy groups -OCH3 is 1. The molecule has 4 atom stereocenters. The minimum atomic E-state index is -4.81. The first-order valence-electron chi connectivity index (χ1n) is 15.8. The monoisotopic (exact) mass is 699 g/mol. The molecule has 3 aliphatic rings. The number of benzene rings is 1. The number of alkyl halides is 3. The van der Waals surface area contributed by atoms with Crippen molar-refractivity contribution in [2.24, 2.45) is 10.6 Å². The van der Waals surface area contributed by atoms with E-state index in [9.17, 15) is 37.1 Å². The van der Waals surface area contributed by atoms with Gasteiger partial charge in [-0.05, 0) is 42.9 Å². The van der Waals surface area contributed by atoms with Gasteiger partial charge in [0.2, 0.25) is 23.5 Å². The molecule has 1 saturated heterocycles. The number of hydrogen-bond donors (Lipinski definition) is 3. The van der Waals surface area contributed by atoms with Crippen molar-refractivity contribution in [3.8, 4) is 5.75 Å². The lowest BCUT2D eigenvalue weighted by Crippen LogP contribution is -2.59. The maximum Gasteiger partial charge on any atom is 0.397 e. The number of likely N-dealkylation sites (tertiary alicyclic amines) is 1. The Balaban J connectivity index is 1.64. The summed E-state index contributed by atoms with van der Waals surface area (Å²) in [5, 5.41) is 12.1. The number of nitrogens with one attached hydrogen (secondary N) is 3. The molecule has 1 aromatic carbocycles. The Kier molecular flexibility index (Phi) is 11.0. The van der Waals surface area contributed by atoms with Gasteiger partial charge in [-0.15, -0.1) is 0 Å². The highest BCUT2D eigenvalue weighted by atomic mass is 35.5. The van der Waals surface area contributed by atoms with Gasteiger partial charge in [-0.3, -0.25) is 24.0 Å². The van der Waals surface area contributed by atoms with Gasteiger partial charge in [0.1, 0.15) is 24.3 Å². The molecule has 264 valence electrons. The van der Waals surface area contributed by atoms with Crippen LogP contribution in [-0.4, -0.2) is 89.6 Å². The SMILES string of the molecule is CCC[C@H](NC(=O)[C@@H]1C[C@]2(CC(c3cc(Cl)ccc3OC)=NO2)CN1C(=O)[C@@H](NC(=O)CC(F)(F)F)C(C)(C)C)C(=O)C(=O)NC1CC1. The Labute approximate surface area is 281 Å². The predicted octanol–water partition coefficient (Wildman–Crippen LogP) is 3.43. The molecule has 1 saturated carbocycles. The van der Waals surface area contributed by atoms with E-state index in [1.807, 2.05) is 0 Å². The maximum atomic E-state index is 14.2. The number of carbonyl (C=O) groups excluding carboxylic acids is 5. The van der Waals surface area contributed by atoms with Crippen LogP contribution in [0.5, 0.6) is 5.75 Å². The van der Waals surface area contributed by atoms with Crippen molar-refractivity contribution in [2.75, 3.05) is 13.7 Å². The van der Waals surface area contributed by atoms with Crippen LogP contribution in [0.25, 0.3) is 0 Å². The van der Waals surface area contributed by atoms with E-state index in [0.29, 0.717) is 28.5 Å². The molecule has 0 unspecified atom stereocenters. The normalized spacial score (nSPS) is 22.0. The molecule has 2 fully saturated rings. The summed E-state index contributed by atoms with van der Waals surface area (Å²) in [6.07, 6.45) is -4.53. The van der Waals surface area contributed by atoms with Crippen LogP contribution >= 0.6 is 11.6 Å². The zero-order valence-corrected chi connectivity index (χ0v) is 28.2. The topological polar surface area (TPSA) is 156 Å². The molecule has 48 heavy (non-hydrogen) atoms. The third-order valence-corrected chi connectivity index (χ3v) is 8.66.